The number of aliphatic carboxylic acids is 1. The number of aromatic hydroxyl groups is 1. The van der Waals surface area contributed by atoms with E-state index < -0.39 is 29.5 Å². The summed E-state index contributed by atoms with van der Waals surface area (Å²) in [5.74, 6) is -2.82. The summed E-state index contributed by atoms with van der Waals surface area (Å²) in [7, 11) is 0. The molecule has 92 valence electrons. The van der Waals surface area contributed by atoms with Crippen LogP contribution in [0.3, 0.4) is 0 Å². The fourth-order valence-corrected chi connectivity index (χ4v) is 1.31. The van der Waals surface area contributed by atoms with Crippen LogP contribution in [-0.4, -0.2) is 28.1 Å². The van der Waals surface area contributed by atoms with Crippen molar-refractivity contribution in [3.05, 3.63) is 29.6 Å². The van der Waals surface area contributed by atoms with E-state index in [-0.39, 0.29) is 12.0 Å². The molecule has 0 aliphatic carbocycles. The van der Waals surface area contributed by atoms with E-state index in [0.29, 0.717) is 0 Å². The van der Waals surface area contributed by atoms with Gasteiger partial charge in [0.25, 0.3) is 5.91 Å². The molecule has 0 fully saturated rings. The van der Waals surface area contributed by atoms with Crippen LogP contribution in [0.5, 0.6) is 5.75 Å². The monoisotopic (exact) mass is 241 g/mol. The van der Waals surface area contributed by atoms with Crippen molar-refractivity contribution in [3.63, 3.8) is 0 Å². The Kier molecular flexibility index (Phi) is 4.03. The topological polar surface area (TPSA) is 86.6 Å². The van der Waals surface area contributed by atoms with E-state index >= 15 is 0 Å². The maximum Gasteiger partial charge on any atom is 0.305 e. The van der Waals surface area contributed by atoms with Crippen LogP contribution in [0, 0.1) is 5.82 Å². The maximum atomic E-state index is 12.7. The Morgan fingerprint density at radius 1 is 1.47 bits per heavy atom. The molecule has 1 aromatic rings. The largest absolute Gasteiger partial charge is 0.507 e. The van der Waals surface area contributed by atoms with Gasteiger partial charge in [-0.15, -0.1) is 0 Å². The first-order valence-electron chi connectivity index (χ1n) is 4.91. The minimum Gasteiger partial charge on any atom is -0.507 e. The highest BCUT2D eigenvalue weighted by Crippen LogP contribution is 2.17. The Balaban J connectivity index is 2.73. The highest BCUT2D eigenvalue weighted by atomic mass is 19.1. The molecule has 0 radical (unpaired) electrons. The molecule has 5 nitrogen and oxygen atoms in total. The number of carbonyl (C=O) groups is 2. The second-order valence-electron chi connectivity index (χ2n) is 3.63. The molecular weight excluding hydrogens is 229 g/mol. The minimum atomic E-state index is -1.04. The van der Waals surface area contributed by atoms with E-state index in [0.717, 1.165) is 18.2 Å². The quantitative estimate of drug-likeness (QED) is 0.737. The summed E-state index contributed by atoms with van der Waals surface area (Å²) in [6.45, 7) is 1.52. The number of nitrogens with one attached hydrogen (secondary N) is 1. The van der Waals surface area contributed by atoms with Crippen molar-refractivity contribution in [2.24, 2.45) is 0 Å². The van der Waals surface area contributed by atoms with E-state index in [4.69, 9.17) is 5.11 Å². The van der Waals surface area contributed by atoms with Gasteiger partial charge in [-0.1, -0.05) is 0 Å². The van der Waals surface area contributed by atoms with Gasteiger partial charge >= 0.3 is 5.97 Å². The first-order valence-corrected chi connectivity index (χ1v) is 4.91. The van der Waals surface area contributed by atoms with Crippen LogP contribution in [0.1, 0.15) is 23.7 Å². The Morgan fingerprint density at radius 3 is 2.65 bits per heavy atom. The molecule has 1 rings (SSSR count). The standard InChI is InChI=1S/C11H12FNO4/c1-6(4-10(15)16)13-11(17)8-3-2-7(12)5-9(8)14/h2-3,5-6,14H,4H2,1H3,(H,13,17)(H,15,16). The first kappa shape index (κ1) is 13.0. The average molecular weight is 241 g/mol. The summed E-state index contributed by atoms with van der Waals surface area (Å²) in [6.07, 6.45) is -0.228. The third kappa shape index (κ3) is 3.75. The van der Waals surface area contributed by atoms with Gasteiger partial charge in [-0.2, -0.15) is 0 Å². The van der Waals surface area contributed by atoms with E-state index in [1.807, 2.05) is 0 Å². The zero-order valence-corrected chi connectivity index (χ0v) is 9.11. The van der Waals surface area contributed by atoms with Crippen molar-refractivity contribution in [1.29, 1.82) is 0 Å². The maximum absolute atomic E-state index is 12.7. The van der Waals surface area contributed by atoms with E-state index in [1.165, 1.54) is 6.92 Å². The zero-order valence-electron chi connectivity index (χ0n) is 9.11. The Labute approximate surface area is 96.9 Å². The van der Waals surface area contributed by atoms with Crippen molar-refractivity contribution in [2.75, 3.05) is 0 Å². The molecule has 17 heavy (non-hydrogen) atoms. The molecule has 1 aromatic carbocycles. The van der Waals surface area contributed by atoms with Gasteiger partial charge in [0.2, 0.25) is 0 Å². The molecule has 6 heteroatoms. The van der Waals surface area contributed by atoms with Gasteiger partial charge in [-0.05, 0) is 19.1 Å². The van der Waals surface area contributed by atoms with Gasteiger partial charge < -0.3 is 15.5 Å². The summed E-state index contributed by atoms with van der Waals surface area (Å²) in [5.41, 5.74) is -0.0939. The van der Waals surface area contributed by atoms with Gasteiger partial charge in [-0.25, -0.2) is 4.39 Å². The molecule has 1 atom stereocenters. The van der Waals surface area contributed by atoms with Crippen LogP contribution in [-0.2, 0) is 4.79 Å². The lowest BCUT2D eigenvalue weighted by Crippen LogP contribution is -2.34. The number of benzene rings is 1. The Bertz CT molecular complexity index is 447. The predicted molar refractivity (Wildman–Crippen MR) is 57.2 cm³/mol. The van der Waals surface area contributed by atoms with Crippen LogP contribution >= 0.6 is 0 Å². The lowest BCUT2D eigenvalue weighted by Gasteiger charge is -2.12. The summed E-state index contributed by atoms with van der Waals surface area (Å²) in [5, 5.41) is 20.2. The number of rotatable bonds is 4. The number of phenols is 1. The molecule has 3 N–H and O–H groups in total. The van der Waals surface area contributed by atoms with Crippen molar-refractivity contribution in [3.8, 4) is 5.75 Å². The molecule has 0 aliphatic heterocycles. The number of halogens is 1. The number of carbonyl (C=O) groups excluding carboxylic acids is 1. The number of hydrogen-bond acceptors (Lipinski definition) is 3. The number of carboxylic acids is 1. The lowest BCUT2D eigenvalue weighted by molar-refractivity contribution is -0.137. The average Bonchev–Trinajstić information content (AvgIpc) is 2.15. The van der Waals surface area contributed by atoms with Gasteiger partial charge in [-0.3, -0.25) is 9.59 Å². The molecule has 0 aromatic heterocycles. The van der Waals surface area contributed by atoms with Crippen LogP contribution < -0.4 is 5.32 Å². The van der Waals surface area contributed by atoms with Crippen molar-refractivity contribution >= 4 is 11.9 Å². The molecule has 0 bridgehead atoms. The van der Waals surface area contributed by atoms with Crippen molar-refractivity contribution < 1.29 is 24.2 Å². The van der Waals surface area contributed by atoms with Crippen molar-refractivity contribution in [1.82, 2.24) is 5.32 Å². The predicted octanol–water partition coefficient (Wildman–Crippen LogP) is 1.12. The summed E-state index contributed by atoms with van der Waals surface area (Å²) in [6, 6.07) is 2.41. The highest BCUT2D eigenvalue weighted by Gasteiger charge is 2.15. The number of phenolic OH excluding ortho intramolecular Hbond substituents is 1. The highest BCUT2D eigenvalue weighted by molar-refractivity contribution is 5.97. The second-order valence-corrected chi connectivity index (χ2v) is 3.63. The fraction of sp³-hybridized carbons (Fsp3) is 0.273. The molecule has 0 spiro atoms. The molecular formula is C11H12FNO4. The number of amides is 1. The summed E-state index contributed by atoms with van der Waals surface area (Å²) < 4.78 is 12.7. The smallest absolute Gasteiger partial charge is 0.305 e. The summed E-state index contributed by atoms with van der Waals surface area (Å²) >= 11 is 0. The molecule has 1 unspecified atom stereocenters. The number of carboxylic acid groups (broad SMARTS) is 1. The van der Waals surface area contributed by atoms with Crippen LogP contribution in [0.15, 0.2) is 18.2 Å². The van der Waals surface area contributed by atoms with Crippen molar-refractivity contribution in [2.45, 2.75) is 19.4 Å². The van der Waals surface area contributed by atoms with Crippen LogP contribution in [0.25, 0.3) is 0 Å². The summed E-state index contributed by atoms with van der Waals surface area (Å²) in [4.78, 5) is 22.0. The molecule has 0 saturated carbocycles. The first-order chi connectivity index (χ1) is 7.90. The Hall–Kier alpha value is -2.11. The van der Waals surface area contributed by atoms with E-state index in [9.17, 15) is 19.1 Å². The van der Waals surface area contributed by atoms with Crippen LogP contribution in [0.4, 0.5) is 4.39 Å². The lowest BCUT2D eigenvalue weighted by atomic mass is 10.1. The molecule has 0 heterocycles. The molecule has 0 aliphatic rings. The van der Waals surface area contributed by atoms with Gasteiger partial charge in [0.1, 0.15) is 11.6 Å². The SMILES string of the molecule is CC(CC(=O)O)NC(=O)c1ccc(F)cc1O. The number of hydrogen-bond donors (Lipinski definition) is 3. The normalized spacial score (nSPS) is 11.9. The van der Waals surface area contributed by atoms with Gasteiger partial charge in [0, 0.05) is 12.1 Å². The van der Waals surface area contributed by atoms with Crippen LogP contribution in [0.2, 0.25) is 0 Å². The van der Waals surface area contributed by atoms with Gasteiger partial charge in [0.05, 0.1) is 12.0 Å². The fourth-order valence-electron chi connectivity index (χ4n) is 1.31. The minimum absolute atomic E-state index is 0.0939. The molecule has 1 amide bonds. The van der Waals surface area contributed by atoms with Gasteiger partial charge in [0.15, 0.2) is 0 Å². The third-order valence-corrected chi connectivity index (χ3v) is 2.06. The second kappa shape index (κ2) is 5.29. The third-order valence-electron chi connectivity index (χ3n) is 2.06. The Morgan fingerprint density at radius 2 is 2.12 bits per heavy atom. The zero-order chi connectivity index (χ0) is 13.0. The van der Waals surface area contributed by atoms with E-state index in [2.05, 4.69) is 5.32 Å². The van der Waals surface area contributed by atoms with E-state index in [1.54, 1.807) is 0 Å². The molecule has 0 saturated heterocycles.